The van der Waals surface area contributed by atoms with Crippen molar-refractivity contribution in [1.29, 1.82) is 0 Å². The molecule has 0 bridgehead atoms. The first kappa shape index (κ1) is 19.2. The van der Waals surface area contributed by atoms with Gasteiger partial charge in [0.1, 0.15) is 22.3 Å². The van der Waals surface area contributed by atoms with Gasteiger partial charge in [0.15, 0.2) is 5.76 Å². The predicted molar refractivity (Wildman–Crippen MR) is 98.1 cm³/mol. The normalized spacial score (nSPS) is 13.2. The van der Waals surface area contributed by atoms with Gasteiger partial charge in [-0.05, 0) is 40.7 Å². The number of carbonyl (C=O) groups is 1. The van der Waals surface area contributed by atoms with Crippen LogP contribution in [0, 0.1) is 6.92 Å². The summed E-state index contributed by atoms with van der Waals surface area (Å²) in [5.74, 6) is -0.0632. The molecule has 0 saturated carbocycles. The number of aromatic nitrogens is 1. The van der Waals surface area contributed by atoms with E-state index in [4.69, 9.17) is 9.26 Å². The van der Waals surface area contributed by atoms with Crippen LogP contribution in [0.2, 0.25) is 0 Å². The van der Waals surface area contributed by atoms with E-state index in [0.29, 0.717) is 28.1 Å². The molecule has 0 aliphatic rings. The van der Waals surface area contributed by atoms with E-state index >= 15 is 0 Å². The van der Waals surface area contributed by atoms with Gasteiger partial charge in [0.2, 0.25) is 0 Å². The van der Waals surface area contributed by atoms with Gasteiger partial charge in [0, 0.05) is 5.56 Å². The number of carbonyl (C=O) groups excluding carboxylic acids is 1. The van der Waals surface area contributed by atoms with Gasteiger partial charge in [-0.15, -0.1) is 0 Å². The summed E-state index contributed by atoms with van der Waals surface area (Å²) in [5.41, 5.74) is 2.31. The number of benzene rings is 1. The average molecular weight is 362 g/mol. The third kappa shape index (κ3) is 4.49. The topological polar surface area (TPSA) is 87.8 Å². The van der Waals surface area contributed by atoms with Crippen LogP contribution in [-0.2, 0) is 16.1 Å². The second-order valence-electron chi connectivity index (χ2n) is 6.37. The van der Waals surface area contributed by atoms with E-state index < -0.39 is 22.1 Å². The monoisotopic (exact) mass is 362 g/mol. The van der Waals surface area contributed by atoms with Gasteiger partial charge in [-0.2, -0.15) is 0 Å². The smallest absolute Gasteiger partial charge is 0.338 e. The van der Waals surface area contributed by atoms with Gasteiger partial charge >= 0.3 is 5.97 Å². The molecule has 7 heteroatoms. The zero-order chi connectivity index (χ0) is 18.6. The molecule has 6 nitrogen and oxygen atoms in total. The fourth-order valence-electron chi connectivity index (χ4n) is 2.14. The summed E-state index contributed by atoms with van der Waals surface area (Å²) in [5, 5.41) is 3.96. The van der Waals surface area contributed by atoms with Crippen molar-refractivity contribution in [3.05, 3.63) is 41.3 Å². The first-order chi connectivity index (χ1) is 11.8. The van der Waals surface area contributed by atoms with Crippen molar-refractivity contribution >= 4 is 23.5 Å². The van der Waals surface area contributed by atoms with Crippen molar-refractivity contribution in [3.63, 3.8) is 0 Å². The number of ether oxygens (including phenoxy) is 1. The molecule has 0 fully saturated rings. The third-order valence-corrected chi connectivity index (χ3v) is 4.72. The number of nitrogens with zero attached hydrogens (tertiary/aromatic N) is 2. The second-order valence-corrected chi connectivity index (χ2v) is 8.30. The Bertz CT molecular complexity index is 778. The number of esters is 1. The van der Waals surface area contributed by atoms with Gasteiger partial charge in [-0.25, -0.2) is 4.79 Å². The van der Waals surface area contributed by atoms with Crippen LogP contribution in [0.5, 0.6) is 0 Å². The van der Waals surface area contributed by atoms with Crippen LogP contribution >= 0.6 is 0 Å². The molecule has 2 rings (SSSR count). The lowest BCUT2D eigenvalue weighted by atomic mass is 9.98. The molecule has 0 saturated heterocycles. The van der Waals surface area contributed by atoms with E-state index in [1.54, 1.807) is 32.0 Å². The van der Waals surface area contributed by atoms with Crippen molar-refractivity contribution in [2.45, 2.75) is 39.4 Å². The maximum Gasteiger partial charge on any atom is 0.338 e. The summed E-state index contributed by atoms with van der Waals surface area (Å²) in [7, 11) is 0. The number of rotatable bonds is 5. The van der Waals surface area contributed by atoms with Crippen LogP contribution in [-0.4, -0.2) is 33.2 Å². The van der Waals surface area contributed by atoms with E-state index in [-0.39, 0.29) is 6.61 Å². The Morgan fingerprint density at radius 3 is 2.72 bits per heavy atom. The van der Waals surface area contributed by atoms with Crippen LogP contribution < -0.4 is 0 Å². The summed E-state index contributed by atoms with van der Waals surface area (Å²) >= 11 is -1.42. The first-order valence-electron chi connectivity index (χ1n) is 7.94. The molecule has 1 atom stereocenters. The molecule has 2 aromatic rings. The van der Waals surface area contributed by atoms with Crippen molar-refractivity contribution in [2.24, 2.45) is 4.40 Å². The Hall–Kier alpha value is -2.12. The molecule has 134 valence electrons. The highest BCUT2D eigenvalue weighted by atomic mass is 32.2. The highest BCUT2D eigenvalue weighted by Gasteiger charge is 2.27. The molecule has 1 unspecified atom stereocenters. The van der Waals surface area contributed by atoms with Crippen molar-refractivity contribution in [2.75, 3.05) is 6.61 Å². The van der Waals surface area contributed by atoms with E-state index in [2.05, 4.69) is 9.55 Å². The van der Waals surface area contributed by atoms with Crippen molar-refractivity contribution in [3.8, 4) is 11.1 Å². The lowest BCUT2D eigenvalue weighted by Gasteiger charge is -2.17. The van der Waals surface area contributed by atoms with Crippen LogP contribution in [0.4, 0.5) is 0 Å². The Labute approximate surface area is 150 Å². The Balaban J connectivity index is 2.47. The number of hydrogen-bond donors (Lipinski definition) is 0. The van der Waals surface area contributed by atoms with Gasteiger partial charge in [-0.1, -0.05) is 27.8 Å². The van der Waals surface area contributed by atoms with Crippen LogP contribution in [0.1, 0.15) is 49.5 Å². The third-order valence-electron chi connectivity index (χ3n) is 3.37. The quantitative estimate of drug-likeness (QED) is 0.460. The maximum absolute atomic E-state index is 12.2. The lowest BCUT2D eigenvalue weighted by Crippen LogP contribution is -2.25. The van der Waals surface area contributed by atoms with Crippen LogP contribution in [0.3, 0.4) is 0 Å². The molecule has 0 N–H and O–H groups in total. The first-order valence-corrected chi connectivity index (χ1v) is 9.05. The zero-order valence-electron chi connectivity index (χ0n) is 15.0. The summed E-state index contributed by atoms with van der Waals surface area (Å²) in [6.45, 7) is 9.33. The highest BCUT2D eigenvalue weighted by Crippen LogP contribution is 2.30. The predicted octanol–water partition coefficient (Wildman–Crippen LogP) is 3.71. The summed E-state index contributed by atoms with van der Waals surface area (Å²) in [6.07, 6.45) is 1.40. The molecule has 1 aromatic heterocycles. The van der Waals surface area contributed by atoms with Crippen molar-refractivity contribution in [1.82, 2.24) is 5.16 Å². The minimum absolute atomic E-state index is 0.286. The minimum Gasteiger partial charge on any atom is -0.591 e. The molecular formula is C18H22N2O4S. The second kappa shape index (κ2) is 7.84. The highest BCUT2D eigenvalue weighted by molar-refractivity contribution is 7.91. The van der Waals surface area contributed by atoms with Crippen LogP contribution in [0.15, 0.2) is 33.2 Å². The molecule has 0 aliphatic heterocycles. The Kier molecular flexibility index (Phi) is 6.02. The standard InChI is InChI=1S/C18H22N2O4S/c1-6-23-17(21)14-10-8-7-9-13(14)16-12(2)20-24-15(16)11-19-25(22)18(3,4)5/h7-11H,6H2,1-5H3/b19-11+. The SMILES string of the molecule is CCOC(=O)c1ccccc1-c1c(C)noc1/C=N/[S+]([O-])C(C)(C)C. The molecule has 0 radical (unpaired) electrons. The molecule has 1 heterocycles. The number of aryl methyl sites for hydroxylation is 1. The lowest BCUT2D eigenvalue weighted by molar-refractivity contribution is 0.0527. The summed E-state index contributed by atoms with van der Waals surface area (Å²) < 4.78 is 26.2. The van der Waals surface area contributed by atoms with E-state index in [1.165, 1.54) is 6.21 Å². The van der Waals surface area contributed by atoms with E-state index in [0.717, 1.165) is 0 Å². The Morgan fingerprint density at radius 2 is 2.08 bits per heavy atom. The maximum atomic E-state index is 12.2. The largest absolute Gasteiger partial charge is 0.591 e. The molecule has 0 amide bonds. The molecular weight excluding hydrogens is 340 g/mol. The fraction of sp³-hybridized carbons (Fsp3) is 0.389. The van der Waals surface area contributed by atoms with E-state index in [1.807, 2.05) is 26.8 Å². The molecule has 0 aliphatic carbocycles. The van der Waals surface area contributed by atoms with Crippen LogP contribution in [0.25, 0.3) is 11.1 Å². The Morgan fingerprint density at radius 1 is 1.40 bits per heavy atom. The number of hydrogen-bond acceptors (Lipinski definition) is 6. The van der Waals surface area contributed by atoms with Crippen molar-refractivity contribution < 1.29 is 18.6 Å². The van der Waals surface area contributed by atoms with Gasteiger partial charge in [0.25, 0.3) is 0 Å². The van der Waals surface area contributed by atoms with Gasteiger partial charge in [0.05, 0.1) is 23.4 Å². The molecule has 1 aromatic carbocycles. The molecule has 25 heavy (non-hydrogen) atoms. The van der Waals surface area contributed by atoms with E-state index in [9.17, 15) is 9.35 Å². The zero-order valence-corrected chi connectivity index (χ0v) is 15.8. The van der Waals surface area contributed by atoms with Gasteiger partial charge < -0.3 is 13.8 Å². The fourth-order valence-corrected chi connectivity index (χ4v) is 2.65. The summed E-state index contributed by atoms with van der Waals surface area (Å²) in [4.78, 5) is 12.2. The minimum atomic E-state index is -1.42. The average Bonchev–Trinajstić information content (AvgIpc) is 2.92. The summed E-state index contributed by atoms with van der Waals surface area (Å²) in [6, 6.07) is 7.07. The van der Waals surface area contributed by atoms with Gasteiger partial charge in [-0.3, -0.25) is 0 Å². The molecule has 0 spiro atoms.